The Labute approximate surface area is 172 Å². The summed E-state index contributed by atoms with van der Waals surface area (Å²) in [6.45, 7) is 5.40. The van der Waals surface area contributed by atoms with E-state index < -0.39 is 43.3 Å². The zero-order valence-electron chi connectivity index (χ0n) is 17.9. The van der Waals surface area contributed by atoms with Crippen LogP contribution in [0.15, 0.2) is 0 Å². The van der Waals surface area contributed by atoms with Crippen molar-refractivity contribution >= 4 is 5.78 Å². The molecule has 2 N–H and O–H groups in total. The first kappa shape index (κ1) is 23.0. The van der Waals surface area contributed by atoms with Gasteiger partial charge in [-0.05, 0) is 34.9 Å². The number of rotatable bonds is 5. The fraction of sp³-hybridized carbons (Fsp3) is 0.950. The molecular formula is C20H35NO8. The third-order valence-corrected chi connectivity index (χ3v) is 6.02. The first-order chi connectivity index (χ1) is 13.7. The number of nitrogens with zero attached hydrogens (tertiary/aromatic N) is 1. The molecule has 0 saturated carbocycles. The van der Waals surface area contributed by atoms with Crippen LogP contribution in [0.3, 0.4) is 0 Å². The smallest absolute Gasteiger partial charge is 0.161 e. The third kappa shape index (κ3) is 5.54. The summed E-state index contributed by atoms with van der Waals surface area (Å²) >= 11 is 0. The number of aliphatic hydroxyl groups is 2. The third-order valence-electron chi connectivity index (χ3n) is 6.02. The van der Waals surface area contributed by atoms with Crippen LogP contribution in [-0.2, 0) is 28.5 Å². The van der Waals surface area contributed by atoms with Crippen LogP contribution >= 0.6 is 0 Å². The van der Waals surface area contributed by atoms with Gasteiger partial charge in [0.15, 0.2) is 24.7 Å². The minimum Gasteiger partial charge on any atom is -0.390 e. The van der Waals surface area contributed by atoms with Crippen LogP contribution in [0.25, 0.3) is 0 Å². The van der Waals surface area contributed by atoms with Crippen LogP contribution in [0.1, 0.15) is 46.5 Å². The highest BCUT2D eigenvalue weighted by molar-refractivity contribution is 5.83. The van der Waals surface area contributed by atoms with Gasteiger partial charge >= 0.3 is 0 Å². The molecule has 0 radical (unpaired) electrons. The van der Waals surface area contributed by atoms with E-state index >= 15 is 0 Å². The van der Waals surface area contributed by atoms with E-state index in [2.05, 4.69) is 0 Å². The lowest BCUT2D eigenvalue weighted by Gasteiger charge is -2.45. The van der Waals surface area contributed by atoms with Crippen LogP contribution in [0.4, 0.5) is 0 Å². The molecule has 3 fully saturated rings. The van der Waals surface area contributed by atoms with Gasteiger partial charge < -0.3 is 38.8 Å². The van der Waals surface area contributed by atoms with Gasteiger partial charge in [-0.1, -0.05) is 0 Å². The van der Waals surface area contributed by atoms with E-state index in [1.54, 1.807) is 6.92 Å². The van der Waals surface area contributed by atoms with Crippen molar-refractivity contribution in [1.82, 2.24) is 4.90 Å². The number of likely N-dealkylation sites (N-methyl/N-ethyl adjacent to an activating group) is 1. The quantitative estimate of drug-likeness (QED) is 0.657. The first-order valence-electron chi connectivity index (χ1n) is 10.5. The molecule has 0 spiro atoms. The molecule has 0 aromatic rings. The normalized spacial score (nSPS) is 46.8. The number of Topliss-reactive ketones (excluding diaryl/α,β-unsaturated/α-hetero) is 1. The molecule has 3 aliphatic rings. The van der Waals surface area contributed by atoms with E-state index in [0.29, 0.717) is 19.3 Å². The fourth-order valence-electron chi connectivity index (χ4n) is 4.33. The van der Waals surface area contributed by atoms with Crippen molar-refractivity contribution in [2.45, 2.75) is 108 Å². The van der Waals surface area contributed by atoms with Gasteiger partial charge in [0, 0.05) is 31.7 Å². The fourth-order valence-corrected chi connectivity index (χ4v) is 4.33. The molecule has 168 valence electrons. The minimum absolute atomic E-state index is 0.0339. The van der Waals surface area contributed by atoms with Gasteiger partial charge in [-0.25, -0.2) is 0 Å². The molecule has 9 nitrogen and oxygen atoms in total. The molecule has 29 heavy (non-hydrogen) atoms. The van der Waals surface area contributed by atoms with E-state index in [4.69, 9.17) is 23.7 Å². The average molecular weight is 417 g/mol. The van der Waals surface area contributed by atoms with E-state index in [-0.39, 0.29) is 30.5 Å². The summed E-state index contributed by atoms with van der Waals surface area (Å²) < 4.78 is 29.2. The molecule has 3 saturated heterocycles. The topological polar surface area (TPSA) is 107 Å². The maximum absolute atomic E-state index is 11.6. The highest BCUT2D eigenvalue weighted by Gasteiger charge is 2.44. The van der Waals surface area contributed by atoms with Gasteiger partial charge in [0.05, 0.1) is 18.3 Å². The highest BCUT2D eigenvalue weighted by Crippen LogP contribution is 2.31. The predicted octanol–water partition coefficient (Wildman–Crippen LogP) is 0.404. The Morgan fingerprint density at radius 3 is 2.21 bits per heavy atom. The van der Waals surface area contributed by atoms with E-state index in [1.807, 2.05) is 32.8 Å². The molecule has 0 aliphatic carbocycles. The maximum Gasteiger partial charge on any atom is 0.161 e. The van der Waals surface area contributed by atoms with Crippen molar-refractivity contribution in [3.8, 4) is 0 Å². The molecule has 3 rings (SSSR count). The molecule has 9 heteroatoms. The van der Waals surface area contributed by atoms with Crippen molar-refractivity contribution in [3.63, 3.8) is 0 Å². The van der Waals surface area contributed by atoms with Gasteiger partial charge in [0.2, 0.25) is 0 Å². The Morgan fingerprint density at radius 1 is 0.931 bits per heavy atom. The lowest BCUT2D eigenvalue weighted by atomic mass is 9.97. The molecule has 0 bridgehead atoms. The number of ether oxygens (including phenoxy) is 5. The number of aliphatic hydroxyl groups excluding tert-OH is 2. The second-order valence-corrected chi connectivity index (χ2v) is 8.55. The molecule has 0 amide bonds. The van der Waals surface area contributed by atoms with Crippen molar-refractivity contribution < 1.29 is 38.7 Å². The summed E-state index contributed by atoms with van der Waals surface area (Å²) in [6.07, 6.45) is -3.26. The zero-order valence-corrected chi connectivity index (χ0v) is 17.9. The molecule has 3 aliphatic heterocycles. The SMILES string of the molecule is C[C@@H]1O[C@@H](O[C@@H]2[C@H](C)O[C@@H](O[C@@H]3[C@H](C)OC(O)C[C@@H]3N(C)C)C[C@@H]2O)CCC1=O. The van der Waals surface area contributed by atoms with Crippen LogP contribution in [-0.4, -0.2) is 96.5 Å². The minimum atomic E-state index is -0.823. The summed E-state index contributed by atoms with van der Waals surface area (Å²) in [6, 6.07) is -0.0339. The highest BCUT2D eigenvalue weighted by atomic mass is 16.7. The van der Waals surface area contributed by atoms with Gasteiger partial charge in [0.1, 0.15) is 18.3 Å². The Hall–Kier alpha value is -0.650. The second kappa shape index (κ2) is 9.65. The molecule has 0 aromatic heterocycles. The number of ketones is 1. The van der Waals surface area contributed by atoms with Crippen LogP contribution in [0, 0.1) is 0 Å². The summed E-state index contributed by atoms with van der Waals surface area (Å²) in [5.74, 6) is 0.0659. The lowest BCUT2D eigenvalue weighted by molar-refractivity contribution is -0.318. The van der Waals surface area contributed by atoms with Gasteiger partial charge in [-0.15, -0.1) is 0 Å². The van der Waals surface area contributed by atoms with E-state index in [0.717, 1.165) is 0 Å². The van der Waals surface area contributed by atoms with E-state index in [1.165, 1.54) is 0 Å². The maximum atomic E-state index is 11.6. The van der Waals surface area contributed by atoms with Crippen molar-refractivity contribution in [2.75, 3.05) is 14.1 Å². The van der Waals surface area contributed by atoms with Crippen LogP contribution in [0.5, 0.6) is 0 Å². The van der Waals surface area contributed by atoms with E-state index in [9.17, 15) is 15.0 Å². The lowest BCUT2D eigenvalue weighted by Crippen LogP contribution is -2.57. The molecule has 1 unspecified atom stereocenters. The standard InChI is InChI=1S/C20H35NO8/c1-10-14(22)6-7-17(26-10)28-20-12(3)27-18(9-15(20)23)29-19-11(2)25-16(24)8-13(19)21(4)5/h10-13,15-20,23-24H,6-9H2,1-5H3/t10-,11-,12-,13-,15-,16?,17-,18-,19+,20+/m0/s1. The van der Waals surface area contributed by atoms with Gasteiger partial charge in [-0.2, -0.15) is 0 Å². The largest absolute Gasteiger partial charge is 0.390 e. The number of carbonyl (C=O) groups is 1. The van der Waals surface area contributed by atoms with Crippen molar-refractivity contribution in [2.24, 2.45) is 0 Å². The Morgan fingerprint density at radius 2 is 1.59 bits per heavy atom. The predicted molar refractivity (Wildman–Crippen MR) is 102 cm³/mol. The van der Waals surface area contributed by atoms with Crippen LogP contribution in [0.2, 0.25) is 0 Å². The first-order valence-corrected chi connectivity index (χ1v) is 10.5. The van der Waals surface area contributed by atoms with Crippen molar-refractivity contribution in [1.29, 1.82) is 0 Å². The van der Waals surface area contributed by atoms with Crippen molar-refractivity contribution in [3.05, 3.63) is 0 Å². The Bertz CT molecular complexity index is 549. The summed E-state index contributed by atoms with van der Waals surface area (Å²) in [7, 11) is 3.87. The summed E-state index contributed by atoms with van der Waals surface area (Å²) in [5, 5.41) is 20.6. The summed E-state index contributed by atoms with van der Waals surface area (Å²) in [5.41, 5.74) is 0. The number of carbonyl (C=O) groups excluding carboxylic acids is 1. The molecular weight excluding hydrogens is 382 g/mol. The Balaban J connectivity index is 1.57. The van der Waals surface area contributed by atoms with Gasteiger partial charge in [0.25, 0.3) is 0 Å². The van der Waals surface area contributed by atoms with Crippen LogP contribution < -0.4 is 0 Å². The second-order valence-electron chi connectivity index (χ2n) is 8.55. The number of hydrogen-bond donors (Lipinski definition) is 2. The Kier molecular flexibility index (Phi) is 7.66. The zero-order chi connectivity index (χ0) is 21.3. The number of hydrogen-bond acceptors (Lipinski definition) is 9. The van der Waals surface area contributed by atoms with Gasteiger partial charge in [-0.3, -0.25) is 4.79 Å². The monoisotopic (exact) mass is 417 g/mol. The average Bonchev–Trinajstić information content (AvgIpc) is 2.63. The molecule has 0 aromatic carbocycles. The summed E-state index contributed by atoms with van der Waals surface area (Å²) in [4.78, 5) is 13.6. The molecule has 10 atom stereocenters. The molecule has 3 heterocycles.